The topological polar surface area (TPSA) is 97.9 Å². The maximum Gasteiger partial charge on any atom is 0.252 e. The lowest BCUT2D eigenvalue weighted by molar-refractivity contribution is 0.298. The number of phenolic OH excluding ortho intramolecular Hbond substituents is 1. The molecule has 2 aliphatic heterocycles. The molecule has 8 heteroatoms. The van der Waals surface area contributed by atoms with Gasteiger partial charge in [0.15, 0.2) is 5.65 Å². The maximum absolute atomic E-state index is 12.8. The summed E-state index contributed by atoms with van der Waals surface area (Å²) in [5.74, 6) is 0.128. The van der Waals surface area contributed by atoms with Crippen molar-refractivity contribution in [1.82, 2.24) is 29.9 Å². The van der Waals surface area contributed by atoms with Crippen molar-refractivity contribution in [2.24, 2.45) is 7.05 Å². The first-order chi connectivity index (χ1) is 15.5. The predicted octanol–water partition coefficient (Wildman–Crippen LogP) is 3.02. The van der Waals surface area contributed by atoms with E-state index in [9.17, 15) is 9.90 Å². The fourth-order valence-corrected chi connectivity index (χ4v) is 5.28. The normalized spacial score (nSPS) is 22.5. The highest BCUT2D eigenvalue weighted by molar-refractivity contribution is 5.82. The summed E-state index contributed by atoms with van der Waals surface area (Å²) in [7, 11) is 1.86. The van der Waals surface area contributed by atoms with E-state index in [0.717, 1.165) is 29.4 Å². The van der Waals surface area contributed by atoms with E-state index < -0.39 is 0 Å². The van der Waals surface area contributed by atoms with Gasteiger partial charge in [-0.2, -0.15) is 5.10 Å². The van der Waals surface area contributed by atoms with Crippen molar-refractivity contribution in [3.05, 3.63) is 59.1 Å². The van der Waals surface area contributed by atoms with E-state index in [1.54, 1.807) is 29.1 Å². The Labute approximate surface area is 184 Å². The number of phenols is 1. The van der Waals surface area contributed by atoms with Crippen LogP contribution in [0.3, 0.4) is 0 Å². The first-order valence-electron chi connectivity index (χ1n) is 11.0. The fraction of sp³-hybridized carbons (Fsp3) is 0.333. The van der Waals surface area contributed by atoms with Gasteiger partial charge < -0.3 is 10.4 Å². The minimum absolute atomic E-state index is 0.0329. The van der Waals surface area contributed by atoms with Gasteiger partial charge in [0.25, 0.3) is 5.56 Å². The van der Waals surface area contributed by atoms with Gasteiger partial charge in [-0.15, -0.1) is 10.2 Å². The van der Waals surface area contributed by atoms with Crippen molar-refractivity contribution in [2.45, 2.75) is 43.8 Å². The average Bonchev–Trinajstić information content (AvgIpc) is 3.37. The molecule has 2 unspecified atom stereocenters. The van der Waals surface area contributed by atoms with Crippen LogP contribution >= 0.6 is 0 Å². The number of nitrogens with zero attached hydrogens (tertiary/aromatic N) is 5. The quantitative estimate of drug-likeness (QED) is 0.521. The highest BCUT2D eigenvalue weighted by Gasteiger charge is 2.35. The third-order valence-corrected chi connectivity index (χ3v) is 6.80. The number of fused-ring (bicyclic) bond motifs is 3. The molecule has 32 heavy (non-hydrogen) atoms. The summed E-state index contributed by atoms with van der Waals surface area (Å²) in [4.78, 5) is 12.8. The second-order valence-corrected chi connectivity index (χ2v) is 8.95. The number of aromatic hydroxyl groups is 1. The van der Waals surface area contributed by atoms with Crippen LogP contribution in [-0.4, -0.2) is 41.7 Å². The molecule has 2 N–H and O–H groups in total. The fourth-order valence-electron chi connectivity index (χ4n) is 5.28. The average molecular weight is 428 g/mol. The van der Waals surface area contributed by atoms with Crippen LogP contribution < -0.4 is 10.9 Å². The number of benzene rings is 1. The molecule has 1 aromatic carbocycles. The number of aryl methyl sites for hydroxylation is 1. The van der Waals surface area contributed by atoms with Crippen LogP contribution in [0.5, 0.6) is 5.75 Å². The standard InChI is InChI=1S/C24H24N6O2/c1-29-13-16(12-25-29)14-2-6-20(22(31)9-14)21-8-15-3-7-23(32)30(24(15)28-27-21)19-10-17-4-5-18(11-19)26-17/h2-3,6-9,12-13,17-19,26,31H,4-5,10-11H2,1H3. The summed E-state index contributed by atoms with van der Waals surface area (Å²) in [6.07, 6.45) is 7.88. The Bertz CT molecular complexity index is 1380. The van der Waals surface area contributed by atoms with Gasteiger partial charge in [0, 0.05) is 53.9 Å². The van der Waals surface area contributed by atoms with Crippen molar-refractivity contribution in [2.75, 3.05) is 0 Å². The molecule has 0 radical (unpaired) electrons. The monoisotopic (exact) mass is 428 g/mol. The van der Waals surface area contributed by atoms with Crippen LogP contribution in [0.4, 0.5) is 0 Å². The van der Waals surface area contributed by atoms with Crippen LogP contribution in [0.2, 0.25) is 0 Å². The smallest absolute Gasteiger partial charge is 0.252 e. The van der Waals surface area contributed by atoms with Gasteiger partial charge >= 0.3 is 0 Å². The summed E-state index contributed by atoms with van der Waals surface area (Å²) >= 11 is 0. The van der Waals surface area contributed by atoms with Gasteiger partial charge in [-0.3, -0.25) is 14.0 Å². The Hall–Kier alpha value is -3.52. The molecule has 0 spiro atoms. The van der Waals surface area contributed by atoms with Gasteiger partial charge in [-0.1, -0.05) is 6.07 Å². The van der Waals surface area contributed by atoms with E-state index in [1.165, 1.54) is 12.8 Å². The molecule has 0 amide bonds. The largest absolute Gasteiger partial charge is 0.507 e. The number of hydrogen-bond donors (Lipinski definition) is 2. The van der Waals surface area contributed by atoms with Gasteiger partial charge in [0.2, 0.25) is 0 Å². The molecular weight excluding hydrogens is 404 g/mol. The number of rotatable bonds is 3. The third-order valence-electron chi connectivity index (χ3n) is 6.80. The number of nitrogens with one attached hydrogen (secondary N) is 1. The van der Waals surface area contributed by atoms with E-state index in [1.807, 2.05) is 36.0 Å². The van der Waals surface area contributed by atoms with Crippen LogP contribution in [0.15, 0.2) is 53.6 Å². The summed E-state index contributed by atoms with van der Waals surface area (Å²) in [6.45, 7) is 0. The molecule has 8 nitrogen and oxygen atoms in total. The molecule has 2 saturated heterocycles. The Kier molecular flexibility index (Phi) is 4.36. The Morgan fingerprint density at radius 2 is 1.84 bits per heavy atom. The molecule has 0 saturated carbocycles. The van der Waals surface area contributed by atoms with Crippen molar-refractivity contribution in [1.29, 1.82) is 0 Å². The molecule has 5 heterocycles. The predicted molar refractivity (Wildman–Crippen MR) is 121 cm³/mol. The third kappa shape index (κ3) is 3.18. The number of piperidine rings is 1. The summed E-state index contributed by atoms with van der Waals surface area (Å²) in [6, 6.07) is 11.9. The van der Waals surface area contributed by atoms with Crippen LogP contribution in [0.25, 0.3) is 33.4 Å². The number of pyridine rings is 1. The SMILES string of the molecule is Cn1cc(-c2ccc(-c3cc4ccc(=O)n(C5CC6CCC(C5)N6)c4nn3)c(O)c2)cn1. The lowest BCUT2D eigenvalue weighted by Crippen LogP contribution is -2.41. The molecule has 4 aromatic rings. The van der Waals surface area contributed by atoms with E-state index in [2.05, 4.69) is 20.6 Å². The lowest BCUT2D eigenvalue weighted by atomic mass is 9.99. The van der Waals surface area contributed by atoms with Gasteiger partial charge in [-0.25, -0.2) is 0 Å². The molecule has 2 bridgehead atoms. The first kappa shape index (κ1) is 19.2. The van der Waals surface area contributed by atoms with Crippen LogP contribution in [0, 0.1) is 0 Å². The van der Waals surface area contributed by atoms with Crippen molar-refractivity contribution in [3.63, 3.8) is 0 Å². The maximum atomic E-state index is 12.8. The van der Waals surface area contributed by atoms with E-state index in [-0.39, 0.29) is 17.4 Å². The number of hydrogen-bond acceptors (Lipinski definition) is 6. The molecule has 2 fully saturated rings. The Balaban J connectivity index is 1.39. The molecule has 6 rings (SSSR count). The van der Waals surface area contributed by atoms with Crippen molar-refractivity contribution < 1.29 is 5.11 Å². The zero-order valence-electron chi connectivity index (χ0n) is 17.8. The van der Waals surface area contributed by atoms with E-state index >= 15 is 0 Å². The summed E-state index contributed by atoms with van der Waals surface area (Å²) < 4.78 is 3.55. The first-order valence-corrected chi connectivity index (χ1v) is 11.0. The van der Waals surface area contributed by atoms with Gasteiger partial charge in [0.1, 0.15) is 5.75 Å². The molecule has 0 aliphatic carbocycles. The minimum Gasteiger partial charge on any atom is -0.507 e. The highest BCUT2D eigenvalue weighted by Crippen LogP contribution is 2.36. The second-order valence-electron chi connectivity index (χ2n) is 8.95. The van der Waals surface area contributed by atoms with Crippen molar-refractivity contribution in [3.8, 4) is 28.1 Å². The summed E-state index contributed by atoms with van der Waals surface area (Å²) in [5.41, 5.74) is 3.56. The Morgan fingerprint density at radius 3 is 2.56 bits per heavy atom. The Morgan fingerprint density at radius 1 is 1.03 bits per heavy atom. The molecule has 3 aromatic heterocycles. The number of aromatic nitrogens is 5. The zero-order valence-corrected chi connectivity index (χ0v) is 17.8. The van der Waals surface area contributed by atoms with Crippen molar-refractivity contribution >= 4 is 11.0 Å². The molecule has 2 aliphatic rings. The minimum atomic E-state index is -0.0329. The zero-order chi connectivity index (χ0) is 21.8. The van der Waals surface area contributed by atoms with Gasteiger partial charge in [0.05, 0.1) is 11.9 Å². The van der Waals surface area contributed by atoms with E-state index in [0.29, 0.717) is 29.0 Å². The molecule has 2 atom stereocenters. The van der Waals surface area contributed by atoms with Crippen LogP contribution in [0.1, 0.15) is 31.7 Å². The molecule has 162 valence electrons. The van der Waals surface area contributed by atoms with Gasteiger partial charge in [-0.05, 0) is 55.5 Å². The molecular formula is C24H24N6O2. The van der Waals surface area contributed by atoms with Crippen LogP contribution in [-0.2, 0) is 7.05 Å². The highest BCUT2D eigenvalue weighted by atomic mass is 16.3. The van der Waals surface area contributed by atoms with E-state index in [4.69, 9.17) is 0 Å². The second kappa shape index (κ2) is 7.27. The lowest BCUT2D eigenvalue weighted by Gasteiger charge is -2.30. The summed E-state index contributed by atoms with van der Waals surface area (Å²) in [5, 5.41) is 28.2.